The topological polar surface area (TPSA) is 21.6 Å². The maximum Gasteiger partial charge on any atom is 0.165 e. The Kier molecular flexibility index (Phi) is 4.03. The lowest BCUT2D eigenvalue weighted by molar-refractivity contribution is -0.870. The predicted molar refractivity (Wildman–Crippen MR) is 43.0 cm³/mol. The average molecular weight is 145 g/mol. The number of hydrogen-bond acceptors (Lipinski definition) is 2. The van der Waals surface area contributed by atoms with Crippen molar-refractivity contribution in [1.82, 2.24) is 0 Å². The highest BCUT2D eigenvalue weighted by Gasteiger charge is 2.04. The van der Waals surface area contributed by atoms with Crippen LogP contribution in [0.15, 0.2) is 5.16 Å². The van der Waals surface area contributed by atoms with Crippen molar-refractivity contribution in [3.63, 3.8) is 0 Å². The zero-order valence-corrected chi connectivity index (χ0v) is 7.29. The molecule has 0 unspecified atom stereocenters. The van der Waals surface area contributed by atoms with Crippen LogP contribution in [0.2, 0.25) is 0 Å². The van der Waals surface area contributed by atoms with Crippen molar-refractivity contribution in [1.29, 1.82) is 0 Å². The van der Waals surface area contributed by atoms with Crippen molar-refractivity contribution >= 4 is 6.21 Å². The molecule has 0 saturated heterocycles. The smallest absolute Gasteiger partial charge is 0.165 e. The molecule has 0 spiro atoms. The second kappa shape index (κ2) is 4.28. The summed E-state index contributed by atoms with van der Waals surface area (Å²) in [5.74, 6) is 0. The van der Waals surface area contributed by atoms with Crippen molar-refractivity contribution < 1.29 is 9.32 Å². The van der Waals surface area contributed by atoms with E-state index in [0.717, 1.165) is 11.0 Å². The first-order valence-corrected chi connectivity index (χ1v) is 3.46. The molecule has 3 heteroatoms. The minimum Gasteiger partial charge on any atom is -0.390 e. The molecule has 0 fully saturated rings. The van der Waals surface area contributed by atoms with Gasteiger partial charge in [0.25, 0.3) is 0 Å². The highest BCUT2D eigenvalue weighted by Crippen LogP contribution is 1.88. The lowest BCUT2D eigenvalue weighted by Gasteiger charge is -2.22. The van der Waals surface area contributed by atoms with E-state index in [0.29, 0.717) is 6.61 Å². The summed E-state index contributed by atoms with van der Waals surface area (Å²) in [7, 11) is 6.37. The van der Waals surface area contributed by atoms with Gasteiger partial charge in [-0.2, -0.15) is 0 Å². The number of rotatable bonds is 4. The Bertz CT molecular complexity index is 105. The van der Waals surface area contributed by atoms with E-state index < -0.39 is 0 Å². The van der Waals surface area contributed by atoms with Crippen LogP contribution in [-0.4, -0.2) is 45.0 Å². The molecule has 0 amide bonds. The normalized spacial score (nSPS) is 12.4. The largest absolute Gasteiger partial charge is 0.390 e. The first-order chi connectivity index (χ1) is 4.56. The SMILES string of the molecule is C/C=N/OCC[N+](C)(C)C. The first-order valence-electron chi connectivity index (χ1n) is 3.46. The van der Waals surface area contributed by atoms with Crippen molar-refractivity contribution in [3.05, 3.63) is 0 Å². The standard InChI is InChI=1S/C7H17N2O/c1-5-8-10-7-6-9(2,3)4/h5H,6-7H2,1-4H3/q+1/b8-5+. The number of likely N-dealkylation sites (N-methyl/N-ethyl adjacent to an activating group) is 1. The van der Waals surface area contributed by atoms with Gasteiger partial charge in [-0.15, -0.1) is 0 Å². The third kappa shape index (κ3) is 7.43. The fourth-order valence-electron chi connectivity index (χ4n) is 0.442. The molecule has 0 aromatic heterocycles. The van der Waals surface area contributed by atoms with Gasteiger partial charge in [0, 0.05) is 6.21 Å². The molecule has 0 atom stereocenters. The third-order valence-electron chi connectivity index (χ3n) is 1.03. The molecule has 60 valence electrons. The Balaban J connectivity index is 3.20. The molecule has 0 N–H and O–H groups in total. The zero-order valence-electron chi connectivity index (χ0n) is 7.29. The van der Waals surface area contributed by atoms with Crippen LogP contribution in [0.5, 0.6) is 0 Å². The Hall–Kier alpha value is -0.570. The van der Waals surface area contributed by atoms with Crippen molar-refractivity contribution in [2.75, 3.05) is 34.3 Å². The van der Waals surface area contributed by atoms with Gasteiger partial charge >= 0.3 is 0 Å². The molecule has 0 bridgehead atoms. The highest BCUT2D eigenvalue weighted by atomic mass is 16.6. The van der Waals surface area contributed by atoms with Gasteiger partial charge in [0.1, 0.15) is 6.54 Å². The fourth-order valence-corrected chi connectivity index (χ4v) is 0.442. The maximum atomic E-state index is 4.91. The van der Waals surface area contributed by atoms with Crippen LogP contribution in [0.3, 0.4) is 0 Å². The first kappa shape index (κ1) is 9.43. The lowest BCUT2D eigenvalue weighted by atomic mass is 10.5. The van der Waals surface area contributed by atoms with E-state index >= 15 is 0 Å². The predicted octanol–water partition coefficient (Wildman–Crippen LogP) is 0.715. The fraction of sp³-hybridized carbons (Fsp3) is 0.857. The average Bonchev–Trinajstić information content (AvgIpc) is 1.78. The molecule has 0 aromatic rings. The molecule has 3 nitrogen and oxygen atoms in total. The van der Waals surface area contributed by atoms with Gasteiger partial charge in [-0.25, -0.2) is 0 Å². The molecule has 0 radical (unpaired) electrons. The summed E-state index contributed by atoms with van der Waals surface area (Å²) in [5.41, 5.74) is 0. The van der Waals surface area contributed by atoms with Crippen LogP contribution < -0.4 is 0 Å². The number of nitrogens with zero attached hydrogens (tertiary/aromatic N) is 2. The number of quaternary nitrogens is 1. The van der Waals surface area contributed by atoms with Crippen molar-refractivity contribution in [2.24, 2.45) is 5.16 Å². The van der Waals surface area contributed by atoms with Crippen LogP contribution in [0.1, 0.15) is 6.92 Å². The number of oxime groups is 1. The summed E-state index contributed by atoms with van der Waals surface area (Å²) in [6.07, 6.45) is 1.65. The quantitative estimate of drug-likeness (QED) is 0.247. The number of hydrogen-bond donors (Lipinski definition) is 0. The summed E-state index contributed by atoms with van der Waals surface area (Å²) in [4.78, 5) is 4.91. The molecule has 0 aliphatic heterocycles. The van der Waals surface area contributed by atoms with Crippen LogP contribution in [0.25, 0.3) is 0 Å². The molecule has 0 aliphatic rings. The van der Waals surface area contributed by atoms with Crippen molar-refractivity contribution in [2.45, 2.75) is 6.92 Å². The maximum absolute atomic E-state index is 4.91. The minimum absolute atomic E-state index is 0.688. The van der Waals surface area contributed by atoms with Crippen LogP contribution >= 0.6 is 0 Å². The van der Waals surface area contributed by atoms with Gasteiger partial charge in [-0.1, -0.05) is 5.16 Å². The summed E-state index contributed by atoms with van der Waals surface area (Å²) in [5, 5.41) is 3.64. The third-order valence-corrected chi connectivity index (χ3v) is 1.03. The van der Waals surface area contributed by atoms with E-state index in [1.165, 1.54) is 0 Å². The lowest BCUT2D eigenvalue weighted by Crippen LogP contribution is -2.37. The van der Waals surface area contributed by atoms with E-state index in [9.17, 15) is 0 Å². The molecule has 0 rings (SSSR count). The zero-order chi connectivity index (χ0) is 8.04. The summed E-state index contributed by atoms with van der Waals surface area (Å²) in [6, 6.07) is 0. The van der Waals surface area contributed by atoms with Crippen LogP contribution in [0.4, 0.5) is 0 Å². The van der Waals surface area contributed by atoms with Gasteiger partial charge in [-0.05, 0) is 6.92 Å². The van der Waals surface area contributed by atoms with Gasteiger partial charge in [0.2, 0.25) is 0 Å². The monoisotopic (exact) mass is 145 g/mol. The van der Waals surface area contributed by atoms with E-state index in [4.69, 9.17) is 4.84 Å². The van der Waals surface area contributed by atoms with Crippen LogP contribution in [-0.2, 0) is 4.84 Å². The van der Waals surface area contributed by atoms with Gasteiger partial charge in [-0.3, -0.25) is 0 Å². The van der Waals surface area contributed by atoms with Crippen molar-refractivity contribution in [3.8, 4) is 0 Å². The Morgan fingerprint density at radius 1 is 1.40 bits per heavy atom. The second-order valence-electron chi connectivity index (χ2n) is 3.21. The molecule has 0 saturated carbocycles. The summed E-state index contributed by atoms with van der Waals surface area (Å²) >= 11 is 0. The molecule has 10 heavy (non-hydrogen) atoms. The molecule has 0 heterocycles. The molecular formula is C7H17N2O+. The minimum atomic E-state index is 0.688. The molecule has 0 aromatic carbocycles. The summed E-state index contributed by atoms with van der Waals surface area (Å²) in [6.45, 7) is 3.51. The van der Waals surface area contributed by atoms with Gasteiger partial charge in [0.15, 0.2) is 6.61 Å². The highest BCUT2D eigenvalue weighted by molar-refractivity contribution is 5.52. The van der Waals surface area contributed by atoms with Gasteiger partial charge < -0.3 is 9.32 Å². The van der Waals surface area contributed by atoms with Gasteiger partial charge in [0.05, 0.1) is 21.1 Å². The molecule has 0 aliphatic carbocycles. The Morgan fingerprint density at radius 3 is 2.40 bits per heavy atom. The second-order valence-corrected chi connectivity index (χ2v) is 3.21. The molecular weight excluding hydrogens is 128 g/mol. The van der Waals surface area contributed by atoms with E-state index in [1.54, 1.807) is 6.21 Å². The van der Waals surface area contributed by atoms with E-state index in [-0.39, 0.29) is 0 Å². The Morgan fingerprint density at radius 2 is 2.00 bits per heavy atom. The van der Waals surface area contributed by atoms with E-state index in [2.05, 4.69) is 26.3 Å². The van der Waals surface area contributed by atoms with E-state index in [1.807, 2.05) is 6.92 Å². The summed E-state index contributed by atoms with van der Waals surface area (Å²) < 4.78 is 0.916. The van der Waals surface area contributed by atoms with Crippen LogP contribution in [0, 0.1) is 0 Å². The Labute approximate surface area is 62.9 Å².